The number of carbonyl (C=O) groups is 2. The minimum Gasteiger partial charge on any atom is -0.383 e. The van der Waals surface area contributed by atoms with Crippen LogP contribution in [0.3, 0.4) is 0 Å². The van der Waals surface area contributed by atoms with E-state index in [0.717, 1.165) is 57.0 Å². The summed E-state index contributed by atoms with van der Waals surface area (Å²) >= 11 is 0. The predicted molar refractivity (Wildman–Crippen MR) is 225 cm³/mol. The second kappa shape index (κ2) is 16.3. The van der Waals surface area contributed by atoms with E-state index >= 15 is 0 Å². The Balaban J connectivity index is 0.000000177. The number of anilines is 4. The van der Waals surface area contributed by atoms with Crippen LogP contribution in [-0.4, -0.2) is 41.7 Å². The van der Waals surface area contributed by atoms with Gasteiger partial charge in [-0.2, -0.15) is 10.5 Å². The number of nitrogens with two attached hydrogens (primary N) is 2. The second-order valence-electron chi connectivity index (χ2n) is 14.4. The standard InChI is InChI=1S/2C22H20N6O/c2*1-3-14-16-9-19(27-22(29)15-8-13(15)4-6-23)26-11-18(16)21(24)28-20(14)17-10-25-7-5-12(17)2/h2*3,5,7,9-11,13,15H,1,4,8H2,2H3,(H2,24,28)(H,26,27,29)/t2*13-,15-/m10/s1. The van der Waals surface area contributed by atoms with Gasteiger partial charge in [0.2, 0.25) is 11.8 Å². The molecule has 6 aromatic rings. The number of rotatable bonds is 10. The van der Waals surface area contributed by atoms with E-state index in [0.29, 0.717) is 58.3 Å². The van der Waals surface area contributed by atoms with Crippen LogP contribution in [0, 0.1) is 60.2 Å². The molecule has 4 atom stereocenters. The van der Waals surface area contributed by atoms with Crippen molar-refractivity contribution in [2.45, 2.75) is 39.5 Å². The van der Waals surface area contributed by atoms with Gasteiger partial charge in [-0.05, 0) is 84.7 Å². The summed E-state index contributed by atoms with van der Waals surface area (Å²) in [6, 6.07) is 11.6. The summed E-state index contributed by atoms with van der Waals surface area (Å²) in [6.07, 6.45) is 15.9. The number of aryl methyl sites for hydroxylation is 2. The van der Waals surface area contributed by atoms with Crippen LogP contribution in [0.1, 0.15) is 47.9 Å². The van der Waals surface area contributed by atoms with E-state index in [1.807, 2.05) is 26.0 Å². The molecule has 6 N–H and O–H groups in total. The Kier molecular flexibility index (Phi) is 10.8. The zero-order valence-electron chi connectivity index (χ0n) is 32.0. The molecule has 0 bridgehead atoms. The summed E-state index contributed by atoms with van der Waals surface area (Å²) in [5, 5.41) is 26.3. The number of nitriles is 2. The van der Waals surface area contributed by atoms with Crippen LogP contribution in [0.4, 0.5) is 23.3 Å². The van der Waals surface area contributed by atoms with Crippen molar-refractivity contribution in [3.05, 3.63) is 96.9 Å². The maximum Gasteiger partial charge on any atom is 0.228 e. The minimum absolute atomic E-state index is 0.109. The Labute approximate surface area is 334 Å². The summed E-state index contributed by atoms with van der Waals surface area (Å²) in [5.41, 5.74) is 19.2. The number of nitrogens with zero attached hydrogens (tertiary/aromatic N) is 8. The molecule has 2 amide bonds. The van der Waals surface area contributed by atoms with Gasteiger partial charge in [-0.15, -0.1) is 0 Å². The van der Waals surface area contributed by atoms with Crippen LogP contribution >= 0.6 is 0 Å². The van der Waals surface area contributed by atoms with Gasteiger partial charge in [-0.3, -0.25) is 19.6 Å². The highest BCUT2D eigenvalue weighted by Crippen LogP contribution is 2.43. The molecule has 288 valence electrons. The number of pyridine rings is 6. The van der Waals surface area contributed by atoms with E-state index in [1.165, 1.54) is 0 Å². The lowest BCUT2D eigenvalue weighted by Gasteiger charge is -2.14. The normalized spacial score (nSPS) is 17.5. The molecule has 0 aliphatic heterocycles. The number of nitrogens with one attached hydrogen (secondary N) is 2. The molecule has 0 spiro atoms. The Bertz CT molecular complexity index is 2550. The maximum atomic E-state index is 12.4. The number of hydrogen-bond acceptors (Lipinski definition) is 12. The lowest BCUT2D eigenvalue weighted by molar-refractivity contribution is -0.118. The van der Waals surface area contributed by atoms with E-state index < -0.39 is 0 Å². The fraction of sp³-hybridized carbons (Fsp3) is 0.227. The van der Waals surface area contributed by atoms with E-state index in [4.69, 9.17) is 22.0 Å². The molecule has 8 rings (SSSR count). The van der Waals surface area contributed by atoms with Gasteiger partial charge in [0, 0.05) is 94.9 Å². The third-order valence-corrected chi connectivity index (χ3v) is 10.6. The monoisotopic (exact) mass is 768 g/mol. The highest BCUT2D eigenvalue weighted by atomic mass is 16.2. The van der Waals surface area contributed by atoms with E-state index in [9.17, 15) is 9.59 Å². The topological polar surface area (TPSA) is 235 Å². The zero-order valence-corrected chi connectivity index (χ0v) is 32.0. The number of hydrogen-bond donors (Lipinski definition) is 4. The van der Waals surface area contributed by atoms with Crippen LogP contribution in [0.2, 0.25) is 0 Å². The van der Waals surface area contributed by atoms with Gasteiger partial charge in [-0.1, -0.05) is 25.3 Å². The maximum absolute atomic E-state index is 12.4. The Morgan fingerprint density at radius 1 is 0.724 bits per heavy atom. The predicted octanol–water partition coefficient (Wildman–Crippen LogP) is 7.43. The molecule has 0 aromatic carbocycles. The molecule has 2 aliphatic carbocycles. The van der Waals surface area contributed by atoms with Gasteiger partial charge in [0.05, 0.1) is 23.5 Å². The highest BCUT2D eigenvalue weighted by molar-refractivity contribution is 6.05. The first-order valence-electron chi connectivity index (χ1n) is 18.7. The lowest BCUT2D eigenvalue weighted by Crippen LogP contribution is -2.15. The van der Waals surface area contributed by atoms with E-state index in [-0.39, 0.29) is 35.5 Å². The first-order chi connectivity index (χ1) is 28.1. The molecule has 0 saturated heterocycles. The largest absolute Gasteiger partial charge is 0.383 e. The lowest BCUT2D eigenvalue weighted by atomic mass is 9.98. The molecular formula is C44H40N12O2. The van der Waals surface area contributed by atoms with Gasteiger partial charge >= 0.3 is 0 Å². The molecule has 2 aliphatic rings. The molecule has 0 unspecified atom stereocenters. The molecule has 6 aromatic heterocycles. The van der Waals surface area contributed by atoms with Gasteiger partial charge in [0.25, 0.3) is 0 Å². The fourth-order valence-corrected chi connectivity index (χ4v) is 7.15. The molecule has 14 nitrogen and oxygen atoms in total. The number of aromatic nitrogens is 6. The molecule has 6 heterocycles. The molecule has 58 heavy (non-hydrogen) atoms. The minimum atomic E-state index is -0.123. The van der Waals surface area contributed by atoms with Crippen molar-refractivity contribution in [1.82, 2.24) is 29.9 Å². The van der Waals surface area contributed by atoms with Crippen molar-refractivity contribution in [1.29, 1.82) is 10.5 Å². The van der Waals surface area contributed by atoms with Crippen LogP contribution in [0.15, 0.2) is 74.6 Å². The first kappa shape index (κ1) is 38.7. The van der Waals surface area contributed by atoms with Crippen LogP contribution in [0.25, 0.3) is 56.2 Å². The summed E-state index contributed by atoms with van der Waals surface area (Å²) in [6.45, 7) is 11.9. The van der Waals surface area contributed by atoms with Gasteiger partial charge in [0.15, 0.2) is 0 Å². The average molecular weight is 769 g/mol. The van der Waals surface area contributed by atoms with Gasteiger partial charge in [0.1, 0.15) is 23.3 Å². The van der Waals surface area contributed by atoms with Crippen LogP contribution in [0.5, 0.6) is 0 Å². The Morgan fingerprint density at radius 3 is 1.50 bits per heavy atom. The SMILES string of the molecule is C=Cc1c(-c2cnccc2C)nc(N)c2cnc(NC(=O)[C@@H]3C[C@H]3CC#N)cc12.C=Cc1c(-c2cnccc2C)nc(N)c2cnc(NC(=O)[C@H]3C[C@@H]3CC#N)cc12. The number of amides is 2. The molecule has 2 saturated carbocycles. The van der Waals surface area contributed by atoms with Crippen molar-refractivity contribution >= 4 is 68.8 Å². The highest BCUT2D eigenvalue weighted by Gasteiger charge is 2.43. The van der Waals surface area contributed by atoms with Gasteiger partial charge < -0.3 is 22.1 Å². The number of carbonyl (C=O) groups excluding carboxylic acids is 2. The third kappa shape index (κ3) is 7.76. The van der Waals surface area contributed by atoms with Crippen molar-refractivity contribution in [3.8, 4) is 34.7 Å². The molecule has 14 heteroatoms. The van der Waals surface area contributed by atoms with Crippen molar-refractivity contribution < 1.29 is 9.59 Å². The summed E-state index contributed by atoms with van der Waals surface area (Å²) in [4.78, 5) is 51.0. The van der Waals surface area contributed by atoms with Crippen molar-refractivity contribution in [2.75, 3.05) is 22.1 Å². The third-order valence-electron chi connectivity index (χ3n) is 10.6. The zero-order chi connectivity index (χ0) is 41.1. The molecular weight excluding hydrogens is 729 g/mol. The average Bonchev–Trinajstić information content (AvgIpc) is 4.15. The summed E-state index contributed by atoms with van der Waals surface area (Å²) < 4.78 is 0. The molecule has 2 fully saturated rings. The number of nitrogen functional groups attached to an aromatic ring is 2. The van der Waals surface area contributed by atoms with Crippen LogP contribution < -0.4 is 22.1 Å². The van der Waals surface area contributed by atoms with E-state index in [1.54, 1.807) is 61.5 Å². The van der Waals surface area contributed by atoms with Crippen LogP contribution in [-0.2, 0) is 9.59 Å². The van der Waals surface area contributed by atoms with Crippen molar-refractivity contribution in [3.63, 3.8) is 0 Å². The summed E-state index contributed by atoms with van der Waals surface area (Å²) in [5.74, 6) is 1.40. The Morgan fingerprint density at radius 2 is 1.14 bits per heavy atom. The Hall–Kier alpha value is -7.58. The quantitative estimate of drug-likeness (QED) is 0.106. The number of fused-ring (bicyclic) bond motifs is 2. The second-order valence-corrected chi connectivity index (χ2v) is 14.4. The van der Waals surface area contributed by atoms with Crippen molar-refractivity contribution in [2.24, 2.45) is 23.7 Å². The fourth-order valence-electron chi connectivity index (χ4n) is 7.15. The van der Waals surface area contributed by atoms with E-state index in [2.05, 4.69) is 65.8 Å². The summed E-state index contributed by atoms with van der Waals surface area (Å²) in [7, 11) is 0. The smallest absolute Gasteiger partial charge is 0.228 e. The van der Waals surface area contributed by atoms with Gasteiger partial charge in [-0.25, -0.2) is 19.9 Å². The molecule has 0 radical (unpaired) electrons. The first-order valence-corrected chi connectivity index (χ1v) is 18.7.